The van der Waals surface area contributed by atoms with Crippen LogP contribution in [0.4, 0.5) is 11.8 Å². The van der Waals surface area contributed by atoms with E-state index in [0.717, 1.165) is 43.8 Å². The smallest absolute Gasteiger partial charge is 0.221 e. The van der Waals surface area contributed by atoms with E-state index < -0.39 is 0 Å². The van der Waals surface area contributed by atoms with Gasteiger partial charge in [0.15, 0.2) is 0 Å². The summed E-state index contributed by atoms with van der Waals surface area (Å²) in [6.07, 6.45) is 1.73. The second kappa shape index (κ2) is 3.34. The average molecular weight is 205 g/mol. The molecule has 2 aliphatic rings. The summed E-state index contributed by atoms with van der Waals surface area (Å²) in [6.45, 7) is 4.46. The molecule has 15 heavy (non-hydrogen) atoms. The monoisotopic (exact) mass is 205 g/mol. The first kappa shape index (κ1) is 8.91. The van der Waals surface area contributed by atoms with Crippen molar-refractivity contribution in [3.63, 3.8) is 0 Å². The molecule has 0 radical (unpaired) electrons. The fourth-order valence-electron chi connectivity index (χ4n) is 2.58. The van der Waals surface area contributed by atoms with Crippen LogP contribution < -0.4 is 16.0 Å². The second-order valence-corrected chi connectivity index (χ2v) is 4.36. The fourth-order valence-corrected chi connectivity index (χ4v) is 2.58. The Kier molecular flexibility index (Phi) is 1.98. The summed E-state index contributed by atoms with van der Waals surface area (Å²) in [4.78, 5) is 10.5. The molecule has 2 saturated heterocycles. The van der Waals surface area contributed by atoms with Gasteiger partial charge in [0.1, 0.15) is 5.82 Å². The summed E-state index contributed by atoms with van der Waals surface area (Å²) in [5.74, 6) is 2.89. The highest BCUT2D eigenvalue weighted by atomic mass is 15.2. The molecule has 0 saturated carbocycles. The van der Waals surface area contributed by atoms with Crippen LogP contribution in [0.3, 0.4) is 0 Å². The third-order valence-electron chi connectivity index (χ3n) is 3.37. The highest BCUT2D eigenvalue weighted by molar-refractivity contribution is 5.42. The Balaban J connectivity index is 1.79. The average Bonchev–Trinajstić information content (AvgIpc) is 2.76. The van der Waals surface area contributed by atoms with Crippen molar-refractivity contribution in [3.8, 4) is 0 Å². The van der Waals surface area contributed by atoms with Crippen molar-refractivity contribution in [2.45, 2.75) is 0 Å². The number of fused-ring (bicyclic) bond motifs is 1. The zero-order valence-corrected chi connectivity index (χ0v) is 8.56. The highest BCUT2D eigenvalue weighted by Crippen LogP contribution is 2.29. The molecule has 3 rings (SSSR count). The molecule has 2 atom stereocenters. The standard InChI is InChI=1S/C10H15N5/c11-10-13-2-1-9(14-10)15-5-7-3-12-4-8(7)6-15/h1-2,7-8,12H,3-6H2,(H2,11,13,14)/t7-,8+. The quantitative estimate of drug-likeness (QED) is 0.659. The summed E-state index contributed by atoms with van der Waals surface area (Å²) >= 11 is 0. The summed E-state index contributed by atoms with van der Waals surface area (Å²) in [5.41, 5.74) is 5.58. The van der Waals surface area contributed by atoms with E-state index in [2.05, 4.69) is 20.2 Å². The van der Waals surface area contributed by atoms with Crippen LogP contribution in [0.25, 0.3) is 0 Å². The summed E-state index contributed by atoms with van der Waals surface area (Å²) in [6, 6.07) is 1.94. The Morgan fingerprint density at radius 2 is 2.07 bits per heavy atom. The minimum absolute atomic E-state index is 0.364. The number of aromatic nitrogens is 2. The molecule has 0 unspecified atom stereocenters. The molecule has 3 heterocycles. The Morgan fingerprint density at radius 3 is 2.73 bits per heavy atom. The van der Waals surface area contributed by atoms with Gasteiger partial charge in [-0.2, -0.15) is 4.98 Å². The van der Waals surface area contributed by atoms with E-state index >= 15 is 0 Å². The third kappa shape index (κ3) is 1.52. The third-order valence-corrected chi connectivity index (χ3v) is 3.37. The molecular formula is C10H15N5. The Labute approximate surface area is 88.7 Å². The molecule has 0 amide bonds. The van der Waals surface area contributed by atoms with E-state index in [0.29, 0.717) is 5.95 Å². The van der Waals surface area contributed by atoms with E-state index in [1.165, 1.54) is 0 Å². The van der Waals surface area contributed by atoms with Crippen LogP contribution in [0.15, 0.2) is 12.3 Å². The van der Waals surface area contributed by atoms with Crippen molar-refractivity contribution in [2.24, 2.45) is 11.8 Å². The first-order valence-electron chi connectivity index (χ1n) is 5.37. The SMILES string of the molecule is Nc1nccc(N2C[C@H]3CNC[C@H]3C2)n1. The van der Waals surface area contributed by atoms with Crippen molar-refractivity contribution >= 4 is 11.8 Å². The largest absolute Gasteiger partial charge is 0.368 e. The zero-order chi connectivity index (χ0) is 10.3. The molecule has 5 nitrogen and oxygen atoms in total. The Morgan fingerprint density at radius 1 is 1.33 bits per heavy atom. The van der Waals surface area contributed by atoms with Gasteiger partial charge in [-0.05, 0) is 17.9 Å². The lowest BCUT2D eigenvalue weighted by atomic mass is 10.0. The normalized spacial score (nSPS) is 29.5. The minimum atomic E-state index is 0.364. The topological polar surface area (TPSA) is 67.1 Å². The Bertz CT molecular complexity index is 355. The van der Waals surface area contributed by atoms with Crippen LogP contribution in [0.5, 0.6) is 0 Å². The number of nitrogens with zero attached hydrogens (tertiary/aromatic N) is 3. The lowest BCUT2D eigenvalue weighted by Crippen LogP contribution is -2.26. The lowest BCUT2D eigenvalue weighted by Gasteiger charge is -2.18. The maximum absolute atomic E-state index is 5.58. The van der Waals surface area contributed by atoms with Gasteiger partial charge in [-0.25, -0.2) is 4.98 Å². The highest BCUT2D eigenvalue weighted by Gasteiger charge is 2.36. The summed E-state index contributed by atoms with van der Waals surface area (Å²) in [5, 5.41) is 3.42. The molecule has 0 aliphatic carbocycles. The number of nitrogen functional groups attached to an aromatic ring is 1. The van der Waals surface area contributed by atoms with Gasteiger partial charge >= 0.3 is 0 Å². The fraction of sp³-hybridized carbons (Fsp3) is 0.600. The van der Waals surface area contributed by atoms with Crippen molar-refractivity contribution in [1.82, 2.24) is 15.3 Å². The molecule has 3 N–H and O–H groups in total. The van der Waals surface area contributed by atoms with Gasteiger partial charge in [-0.15, -0.1) is 0 Å². The van der Waals surface area contributed by atoms with Crippen molar-refractivity contribution in [3.05, 3.63) is 12.3 Å². The molecule has 0 aromatic carbocycles. The number of nitrogens with one attached hydrogen (secondary N) is 1. The van der Waals surface area contributed by atoms with Crippen LogP contribution in [0.2, 0.25) is 0 Å². The molecule has 1 aromatic heterocycles. The lowest BCUT2D eigenvalue weighted by molar-refractivity contribution is 0.533. The maximum atomic E-state index is 5.58. The molecule has 1 aromatic rings. The number of hydrogen-bond acceptors (Lipinski definition) is 5. The van der Waals surface area contributed by atoms with E-state index in [1.54, 1.807) is 6.20 Å². The molecule has 2 fully saturated rings. The van der Waals surface area contributed by atoms with Crippen LogP contribution in [-0.4, -0.2) is 36.1 Å². The predicted octanol–water partition coefficient (Wildman–Crippen LogP) is -0.286. The maximum Gasteiger partial charge on any atom is 0.221 e. The predicted molar refractivity (Wildman–Crippen MR) is 58.5 cm³/mol. The first-order valence-corrected chi connectivity index (χ1v) is 5.37. The molecule has 0 spiro atoms. The second-order valence-electron chi connectivity index (χ2n) is 4.36. The van der Waals surface area contributed by atoms with Crippen LogP contribution in [0, 0.1) is 11.8 Å². The van der Waals surface area contributed by atoms with Crippen LogP contribution in [-0.2, 0) is 0 Å². The molecule has 2 aliphatic heterocycles. The van der Waals surface area contributed by atoms with E-state index in [1.807, 2.05) is 6.07 Å². The zero-order valence-electron chi connectivity index (χ0n) is 8.56. The Hall–Kier alpha value is -1.36. The molecular weight excluding hydrogens is 190 g/mol. The number of nitrogens with two attached hydrogens (primary N) is 1. The van der Waals surface area contributed by atoms with Gasteiger partial charge < -0.3 is 16.0 Å². The molecule has 0 bridgehead atoms. The molecule has 80 valence electrons. The van der Waals surface area contributed by atoms with Gasteiger partial charge in [-0.1, -0.05) is 0 Å². The van der Waals surface area contributed by atoms with E-state index in [4.69, 9.17) is 5.73 Å². The van der Waals surface area contributed by atoms with E-state index in [9.17, 15) is 0 Å². The van der Waals surface area contributed by atoms with Gasteiger partial charge in [0, 0.05) is 32.4 Å². The van der Waals surface area contributed by atoms with Crippen molar-refractivity contribution < 1.29 is 0 Å². The summed E-state index contributed by atoms with van der Waals surface area (Å²) in [7, 11) is 0. The first-order chi connectivity index (χ1) is 7.33. The van der Waals surface area contributed by atoms with Crippen molar-refractivity contribution in [2.75, 3.05) is 36.8 Å². The van der Waals surface area contributed by atoms with Crippen LogP contribution >= 0.6 is 0 Å². The van der Waals surface area contributed by atoms with Gasteiger partial charge in [0.2, 0.25) is 5.95 Å². The number of hydrogen-bond donors (Lipinski definition) is 2. The molecule has 5 heteroatoms. The van der Waals surface area contributed by atoms with Gasteiger partial charge in [0.05, 0.1) is 0 Å². The summed E-state index contributed by atoms with van der Waals surface area (Å²) < 4.78 is 0. The van der Waals surface area contributed by atoms with Crippen molar-refractivity contribution in [1.29, 1.82) is 0 Å². The van der Waals surface area contributed by atoms with Crippen LogP contribution in [0.1, 0.15) is 0 Å². The number of anilines is 2. The van der Waals surface area contributed by atoms with E-state index in [-0.39, 0.29) is 0 Å². The minimum Gasteiger partial charge on any atom is -0.368 e. The van der Waals surface area contributed by atoms with Gasteiger partial charge in [-0.3, -0.25) is 0 Å². The number of rotatable bonds is 1. The van der Waals surface area contributed by atoms with Gasteiger partial charge in [0.25, 0.3) is 0 Å².